The van der Waals surface area contributed by atoms with E-state index in [2.05, 4.69) is 5.10 Å². The quantitative estimate of drug-likeness (QED) is 0.199. The smallest absolute Gasteiger partial charge is 0.315 e. The molecule has 4 aromatic carbocycles. The van der Waals surface area contributed by atoms with Crippen LogP contribution in [0.2, 0.25) is 0 Å². The van der Waals surface area contributed by atoms with Gasteiger partial charge in [-0.1, -0.05) is 54.6 Å². The Kier molecular flexibility index (Phi) is 5.24. The highest BCUT2D eigenvalue weighted by atomic mass is 16.5. The molecule has 160 valence electrons. The van der Waals surface area contributed by atoms with Gasteiger partial charge >= 0.3 is 5.97 Å². The van der Waals surface area contributed by atoms with Crippen LogP contribution in [-0.4, -0.2) is 29.0 Å². The Hall–Kier alpha value is -4.58. The molecule has 0 atom stereocenters. The number of carbonyl (C=O) groups excluding carboxylic acids is 3. The number of esters is 1. The van der Waals surface area contributed by atoms with Crippen LogP contribution < -0.4 is 4.74 Å². The van der Waals surface area contributed by atoms with E-state index in [4.69, 9.17) is 4.74 Å². The van der Waals surface area contributed by atoms with Gasteiger partial charge in [-0.05, 0) is 58.3 Å². The normalized spacial score (nSPS) is 13.0. The molecule has 0 aromatic heterocycles. The third-order valence-corrected chi connectivity index (χ3v) is 5.42. The standard InChI is InChI=1S/C27H18N2O4/c30-25(16-20-8-5-7-19-6-1-2-9-22(19)20)33-21-14-12-18(13-15-21)17-28-29-26(31)23-10-3-4-11-24(23)27(29)32/h1-15,17H,16H2/b28-17+. The van der Waals surface area contributed by atoms with Crippen molar-refractivity contribution in [3.63, 3.8) is 0 Å². The van der Waals surface area contributed by atoms with Crippen molar-refractivity contribution in [2.24, 2.45) is 5.10 Å². The highest BCUT2D eigenvalue weighted by molar-refractivity contribution is 6.21. The maximum absolute atomic E-state index is 12.5. The SMILES string of the molecule is O=C(Cc1cccc2ccccc12)Oc1ccc(/C=N/N2C(=O)c3ccccc3C2=O)cc1. The molecule has 5 rings (SSSR count). The van der Waals surface area contributed by atoms with Gasteiger partial charge in [-0.25, -0.2) is 0 Å². The molecule has 0 fully saturated rings. The lowest BCUT2D eigenvalue weighted by atomic mass is 10.0. The number of fused-ring (bicyclic) bond motifs is 2. The Labute approximate surface area is 189 Å². The minimum Gasteiger partial charge on any atom is -0.426 e. The molecule has 0 saturated carbocycles. The average Bonchev–Trinajstić information content (AvgIpc) is 3.08. The first kappa shape index (κ1) is 20.3. The summed E-state index contributed by atoms with van der Waals surface area (Å²) in [5, 5.41) is 7.00. The minimum absolute atomic E-state index is 0.157. The highest BCUT2D eigenvalue weighted by Gasteiger charge is 2.35. The number of rotatable bonds is 5. The fraction of sp³-hybridized carbons (Fsp3) is 0.0370. The van der Waals surface area contributed by atoms with Crippen LogP contribution in [0.25, 0.3) is 10.8 Å². The van der Waals surface area contributed by atoms with E-state index in [9.17, 15) is 14.4 Å². The van der Waals surface area contributed by atoms with Crippen molar-refractivity contribution >= 4 is 34.8 Å². The fourth-order valence-electron chi connectivity index (χ4n) is 3.80. The molecule has 1 aliphatic rings. The Balaban J connectivity index is 1.24. The van der Waals surface area contributed by atoms with E-state index in [-0.39, 0.29) is 12.4 Å². The van der Waals surface area contributed by atoms with E-state index in [1.54, 1.807) is 48.5 Å². The summed E-state index contributed by atoms with van der Waals surface area (Å²) in [6.45, 7) is 0. The first-order valence-electron chi connectivity index (χ1n) is 10.4. The van der Waals surface area contributed by atoms with Crippen LogP contribution in [-0.2, 0) is 11.2 Å². The first-order chi connectivity index (χ1) is 16.1. The van der Waals surface area contributed by atoms with Crippen LogP contribution in [0, 0.1) is 0 Å². The molecule has 0 radical (unpaired) electrons. The molecule has 1 heterocycles. The Morgan fingerprint density at radius 3 is 2.15 bits per heavy atom. The van der Waals surface area contributed by atoms with Gasteiger partial charge in [-0.15, -0.1) is 0 Å². The Bertz CT molecular complexity index is 1380. The molecular formula is C27H18N2O4. The molecule has 4 aromatic rings. The maximum Gasteiger partial charge on any atom is 0.315 e. The summed E-state index contributed by atoms with van der Waals surface area (Å²) >= 11 is 0. The third kappa shape index (κ3) is 4.02. The number of hydrogen-bond acceptors (Lipinski definition) is 5. The molecule has 1 aliphatic heterocycles. The van der Waals surface area contributed by atoms with Crippen molar-refractivity contribution in [3.8, 4) is 5.75 Å². The van der Waals surface area contributed by atoms with Crippen LogP contribution in [0.4, 0.5) is 0 Å². The first-order valence-corrected chi connectivity index (χ1v) is 10.4. The minimum atomic E-state index is -0.453. The van der Waals surface area contributed by atoms with Crippen LogP contribution >= 0.6 is 0 Å². The zero-order valence-corrected chi connectivity index (χ0v) is 17.5. The molecule has 6 nitrogen and oxygen atoms in total. The molecular weight excluding hydrogens is 416 g/mol. The van der Waals surface area contributed by atoms with Crippen LogP contribution in [0.5, 0.6) is 5.75 Å². The Morgan fingerprint density at radius 2 is 1.42 bits per heavy atom. The zero-order valence-electron chi connectivity index (χ0n) is 17.5. The largest absolute Gasteiger partial charge is 0.426 e. The number of hydrazone groups is 1. The van der Waals surface area contributed by atoms with Gasteiger partial charge in [0.2, 0.25) is 0 Å². The summed E-state index contributed by atoms with van der Waals surface area (Å²) in [7, 11) is 0. The lowest BCUT2D eigenvalue weighted by Crippen LogP contribution is -2.23. The van der Waals surface area contributed by atoms with E-state index in [0.29, 0.717) is 22.4 Å². The van der Waals surface area contributed by atoms with Crippen molar-refractivity contribution in [3.05, 3.63) is 113 Å². The second-order valence-electron chi connectivity index (χ2n) is 7.57. The number of ether oxygens (including phenoxy) is 1. The lowest BCUT2D eigenvalue weighted by Gasteiger charge is -2.08. The molecule has 0 saturated heterocycles. The van der Waals surface area contributed by atoms with Gasteiger partial charge in [0, 0.05) is 0 Å². The van der Waals surface area contributed by atoms with Crippen molar-refractivity contribution in [2.45, 2.75) is 6.42 Å². The molecule has 0 bridgehead atoms. The van der Waals surface area contributed by atoms with Gasteiger partial charge < -0.3 is 4.74 Å². The van der Waals surface area contributed by atoms with Crippen molar-refractivity contribution in [2.75, 3.05) is 0 Å². The summed E-state index contributed by atoms with van der Waals surface area (Å²) in [6.07, 6.45) is 1.58. The summed E-state index contributed by atoms with van der Waals surface area (Å²) in [6, 6.07) is 27.0. The monoisotopic (exact) mass is 434 g/mol. The molecule has 0 N–H and O–H groups in total. The number of imide groups is 1. The molecule has 0 unspecified atom stereocenters. The molecule has 0 spiro atoms. The number of benzene rings is 4. The predicted octanol–water partition coefficient (Wildman–Crippen LogP) is 4.62. The lowest BCUT2D eigenvalue weighted by molar-refractivity contribution is -0.133. The Morgan fingerprint density at radius 1 is 0.788 bits per heavy atom. The summed E-state index contributed by atoms with van der Waals surface area (Å²) in [5.74, 6) is -0.867. The highest BCUT2D eigenvalue weighted by Crippen LogP contribution is 2.23. The van der Waals surface area contributed by atoms with E-state index >= 15 is 0 Å². The van der Waals surface area contributed by atoms with E-state index in [1.165, 1.54) is 6.21 Å². The number of amides is 2. The predicted molar refractivity (Wildman–Crippen MR) is 124 cm³/mol. The second kappa shape index (κ2) is 8.51. The molecule has 0 aliphatic carbocycles. The van der Waals surface area contributed by atoms with Gasteiger partial charge in [0.25, 0.3) is 11.8 Å². The maximum atomic E-state index is 12.5. The zero-order chi connectivity index (χ0) is 22.8. The van der Waals surface area contributed by atoms with E-state index in [1.807, 2.05) is 42.5 Å². The average molecular weight is 434 g/mol. The summed E-state index contributed by atoms with van der Waals surface area (Å²) in [5.41, 5.74) is 2.24. The summed E-state index contributed by atoms with van der Waals surface area (Å²) in [4.78, 5) is 37.2. The van der Waals surface area contributed by atoms with Gasteiger partial charge in [-0.3, -0.25) is 14.4 Å². The van der Waals surface area contributed by atoms with Crippen molar-refractivity contribution in [1.29, 1.82) is 0 Å². The molecule has 6 heteroatoms. The van der Waals surface area contributed by atoms with Crippen molar-refractivity contribution in [1.82, 2.24) is 5.01 Å². The fourth-order valence-corrected chi connectivity index (χ4v) is 3.80. The summed E-state index contributed by atoms with van der Waals surface area (Å²) < 4.78 is 5.47. The van der Waals surface area contributed by atoms with Crippen molar-refractivity contribution < 1.29 is 19.1 Å². The number of nitrogens with zero attached hydrogens (tertiary/aromatic N) is 2. The number of hydrogen-bond donors (Lipinski definition) is 0. The van der Waals surface area contributed by atoms with Gasteiger partial charge in [0.15, 0.2) is 0 Å². The number of carbonyl (C=O) groups is 3. The topological polar surface area (TPSA) is 76.0 Å². The van der Waals surface area contributed by atoms with E-state index < -0.39 is 11.8 Å². The van der Waals surface area contributed by atoms with Gasteiger partial charge in [-0.2, -0.15) is 10.1 Å². The van der Waals surface area contributed by atoms with Gasteiger partial charge in [0.05, 0.1) is 23.8 Å². The van der Waals surface area contributed by atoms with Crippen LogP contribution in [0.3, 0.4) is 0 Å². The molecule has 33 heavy (non-hydrogen) atoms. The second-order valence-corrected chi connectivity index (χ2v) is 7.57. The molecule has 2 amide bonds. The van der Waals surface area contributed by atoms with Crippen LogP contribution in [0.15, 0.2) is 96.1 Å². The van der Waals surface area contributed by atoms with E-state index in [0.717, 1.165) is 21.3 Å². The van der Waals surface area contributed by atoms with Crippen LogP contribution in [0.1, 0.15) is 31.8 Å². The third-order valence-electron chi connectivity index (χ3n) is 5.42. The van der Waals surface area contributed by atoms with Gasteiger partial charge in [0.1, 0.15) is 5.75 Å².